The SMILES string of the molecule is Cc1cc(N(CCN)C2CCCCC2)ncc1Br. The molecule has 1 aromatic rings. The van der Waals surface area contributed by atoms with Crippen LogP contribution in [0, 0.1) is 6.92 Å². The molecule has 1 aliphatic rings. The molecule has 0 spiro atoms. The van der Waals surface area contributed by atoms with Gasteiger partial charge in [0.05, 0.1) is 0 Å². The summed E-state index contributed by atoms with van der Waals surface area (Å²) >= 11 is 3.51. The Bertz CT molecular complexity index is 389. The van der Waals surface area contributed by atoms with E-state index in [0.29, 0.717) is 12.6 Å². The van der Waals surface area contributed by atoms with Crippen molar-refractivity contribution in [3.05, 3.63) is 22.3 Å². The fourth-order valence-corrected chi connectivity index (χ4v) is 2.91. The van der Waals surface area contributed by atoms with Crippen LogP contribution in [0.15, 0.2) is 16.7 Å². The standard InChI is InChI=1S/C14H22BrN3/c1-11-9-14(17-10-13(11)15)18(8-7-16)12-5-3-2-4-6-12/h9-10,12H,2-8,16H2,1H3. The molecule has 1 fully saturated rings. The van der Waals surface area contributed by atoms with E-state index in [9.17, 15) is 0 Å². The van der Waals surface area contributed by atoms with Crippen LogP contribution in [0.2, 0.25) is 0 Å². The van der Waals surface area contributed by atoms with Crippen LogP contribution in [0.25, 0.3) is 0 Å². The molecule has 2 rings (SSSR count). The van der Waals surface area contributed by atoms with E-state index in [1.54, 1.807) is 0 Å². The van der Waals surface area contributed by atoms with Gasteiger partial charge >= 0.3 is 0 Å². The Morgan fingerprint density at radius 2 is 2.11 bits per heavy atom. The minimum atomic E-state index is 0.621. The molecular weight excluding hydrogens is 290 g/mol. The maximum absolute atomic E-state index is 5.76. The van der Waals surface area contributed by atoms with Gasteiger partial charge in [-0.25, -0.2) is 4.98 Å². The molecule has 0 bridgehead atoms. The fraction of sp³-hybridized carbons (Fsp3) is 0.643. The summed E-state index contributed by atoms with van der Waals surface area (Å²) in [6.07, 6.45) is 8.49. The number of aromatic nitrogens is 1. The van der Waals surface area contributed by atoms with Gasteiger partial charge in [-0.05, 0) is 47.3 Å². The average molecular weight is 312 g/mol. The van der Waals surface area contributed by atoms with Crippen LogP contribution < -0.4 is 10.6 Å². The average Bonchev–Trinajstić information content (AvgIpc) is 2.40. The van der Waals surface area contributed by atoms with Crippen molar-refractivity contribution in [2.45, 2.75) is 45.1 Å². The van der Waals surface area contributed by atoms with Crippen LogP contribution in [-0.4, -0.2) is 24.1 Å². The molecule has 2 N–H and O–H groups in total. The third kappa shape index (κ3) is 3.23. The summed E-state index contributed by atoms with van der Waals surface area (Å²) in [6.45, 7) is 3.70. The predicted octanol–water partition coefficient (Wildman–Crippen LogP) is 3.25. The van der Waals surface area contributed by atoms with Crippen molar-refractivity contribution in [1.82, 2.24) is 4.98 Å². The van der Waals surface area contributed by atoms with Gasteiger partial charge in [0.15, 0.2) is 0 Å². The first kappa shape index (κ1) is 13.8. The summed E-state index contributed by atoms with van der Waals surface area (Å²) < 4.78 is 1.07. The van der Waals surface area contributed by atoms with Gasteiger partial charge in [0, 0.05) is 29.8 Å². The highest BCUT2D eigenvalue weighted by molar-refractivity contribution is 9.10. The van der Waals surface area contributed by atoms with Crippen molar-refractivity contribution in [1.29, 1.82) is 0 Å². The van der Waals surface area contributed by atoms with Gasteiger partial charge in [-0.1, -0.05) is 19.3 Å². The second kappa shape index (κ2) is 6.53. The summed E-state index contributed by atoms with van der Waals surface area (Å²) in [6, 6.07) is 2.78. The van der Waals surface area contributed by atoms with Crippen molar-refractivity contribution in [2.24, 2.45) is 5.73 Å². The van der Waals surface area contributed by atoms with Crippen LogP contribution in [0.5, 0.6) is 0 Å². The van der Waals surface area contributed by atoms with Gasteiger partial charge < -0.3 is 10.6 Å². The van der Waals surface area contributed by atoms with E-state index in [4.69, 9.17) is 5.73 Å². The number of nitrogens with zero attached hydrogens (tertiary/aromatic N) is 2. The van der Waals surface area contributed by atoms with Crippen LogP contribution in [0.3, 0.4) is 0 Å². The quantitative estimate of drug-likeness (QED) is 0.928. The molecule has 0 aliphatic heterocycles. The zero-order valence-corrected chi connectivity index (χ0v) is 12.6. The molecule has 0 aromatic carbocycles. The highest BCUT2D eigenvalue weighted by Gasteiger charge is 2.21. The second-order valence-electron chi connectivity index (χ2n) is 5.07. The lowest BCUT2D eigenvalue weighted by molar-refractivity contribution is 0.414. The highest BCUT2D eigenvalue weighted by atomic mass is 79.9. The maximum Gasteiger partial charge on any atom is 0.129 e. The first-order valence-corrected chi connectivity index (χ1v) is 7.60. The number of hydrogen-bond donors (Lipinski definition) is 1. The zero-order valence-electron chi connectivity index (χ0n) is 11.0. The molecule has 4 heteroatoms. The molecule has 18 heavy (non-hydrogen) atoms. The Kier molecular flexibility index (Phi) is 5.01. The maximum atomic E-state index is 5.76. The normalized spacial score (nSPS) is 16.8. The number of hydrogen-bond acceptors (Lipinski definition) is 3. The Morgan fingerprint density at radius 3 is 2.72 bits per heavy atom. The van der Waals surface area contributed by atoms with Crippen LogP contribution in [0.4, 0.5) is 5.82 Å². The molecule has 100 valence electrons. The Balaban J connectivity index is 2.19. The third-order valence-electron chi connectivity index (χ3n) is 3.71. The molecular formula is C14H22BrN3. The number of nitrogens with two attached hydrogens (primary N) is 1. The highest BCUT2D eigenvalue weighted by Crippen LogP contribution is 2.27. The van der Waals surface area contributed by atoms with Gasteiger partial charge in [0.1, 0.15) is 5.82 Å². The van der Waals surface area contributed by atoms with Crippen LogP contribution >= 0.6 is 15.9 Å². The number of anilines is 1. The number of aryl methyl sites for hydroxylation is 1. The molecule has 3 nitrogen and oxygen atoms in total. The lowest BCUT2D eigenvalue weighted by atomic mass is 9.94. The molecule has 0 amide bonds. The van der Waals surface area contributed by atoms with Gasteiger partial charge in [-0.2, -0.15) is 0 Å². The monoisotopic (exact) mass is 311 g/mol. The smallest absolute Gasteiger partial charge is 0.129 e. The molecule has 1 aromatic heterocycles. The van der Waals surface area contributed by atoms with E-state index in [1.807, 2.05) is 6.20 Å². The summed E-state index contributed by atoms with van der Waals surface area (Å²) in [4.78, 5) is 6.96. The molecule has 1 saturated carbocycles. The van der Waals surface area contributed by atoms with E-state index in [1.165, 1.54) is 37.7 Å². The Morgan fingerprint density at radius 1 is 1.39 bits per heavy atom. The lowest BCUT2D eigenvalue weighted by Gasteiger charge is -2.35. The van der Waals surface area contributed by atoms with E-state index >= 15 is 0 Å². The summed E-state index contributed by atoms with van der Waals surface area (Å²) in [7, 11) is 0. The summed E-state index contributed by atoms with van der Waals surface area (Å²) in [5.41, 5.74) is 7.00. The summed E-state index contributed by atoms with van der Waals surface area (Å²) in [5, 5.41) is 0. The number of pyridine rings is 1. The van der Waals surface area contributed by atoms with E-state index in [2.05, 4.69) is 38.8 Å². The fourth-order valence-electron chi connectivity index (χ4n) is 2.70. The Labute approximate surface area is 118 Å². The van der Waals surface area contributed by atoms with Crippen molar-refractivity contribution >= 4 is 21.7 Å². The molecule has 1 aliphatic carbocycles. The Hall–Kier alpha value is -0.610. The molecule has 0 atom stereocenters. The van der Waals surface area contributed by atoms with Crippen molar-refractivity contribution in [2.75, 3.05) is 18.0 Å². The van der Waals surface area contributed by atoms with Gasteiger partial charge in [0.25, 0.3) is 0 Å². The number of rotatable bonds is 4. The predicted molar refractivity (Wildman–Crippen MR) is 79.9 cm³/mol. The van der Waals surface area contributed by atoms with Gasteiger partial charge in [-0.15, -0.1) is 0 Å². The molecule has 0 radical (unpaired) electrons. The first-order valence-electron chi connectivity index (χ1n) is 6.81. The van der Waals surface area contributed by atoms with Crippen molar-refractivity contribution < 1.29 is 0 Å². The zero-order chi connectivity index (χ0) is 13.0. The minimum absolute atomic E-state index is 0.621. The van der Waals surface area contributed by atoms with E-state index in [0.717, 1.165) is 16.8 Å². The molecule has 0 unspecified atom stereocenters. The number of halogens is 1. The van der Waals surface area contributed by atoms with Crippen LogP contribution in [0.1, 0.15) is 37.7 Å². The van der Waals surface area contributed by atoms with Gasteiger partial charge in [0.2, 0.25) is 0 Å². The minimum Gasteiger partial charge on any atom is -0.352 e. The topological polar surface area (TPSA) is 42.1 Å². The van der Waals surface area contributed by atoms with E-state index < -0.39 is 0 Å². The van der Waals surface area contributed by atoms with Crippen molar-refractivity contribution in [3.8, 4) is 0 Å². The van der Waals surface area contributed by atoms with Crippen molar-refractivity contribution in [3.63, 3.8) is 0 Å². The largest absolute Gasteiger partial charge is 0.352 e. The lowest BCUT2D eigenvalue weighted by Crippen LogP contribution is -2.40. The van der Waals surface area contributed by atoms with Gasteiger partial charge in [-0.3, -0.25) is 0 Å². The first-order chi connectivity index (χ1) is 8.72. The molecule has 0 saturated heterocycles. The second-order valence-corrected chi connectivity index (χ2v) is 5.92. The van der Waals surface area contributed by atoms with Crippen LogP contribution in [-0.2, 0) is 0 Å². The van der Waals surface area contributed by atoms with E-state index in [-0.39, 0.29) is 0 Å². The summed E-state index contributed by atoms with van der Waals surface area (Å²) in [5.74, 6) is 1.08. The molecule has 1 heterocycles. The third-order valence-corrected chi connectivity index (χ3v) is 4.54.